The highest BCUT2D eigenvalue weighted by molar-refractivity contribution is 6.31. The van der Waals surface area contributed by atoms with Crippen LogP contribution in [0.5, 0.6) is 0 Å². The van der Waals surface area contributed by atoms with Crippen molar-refractivity contribution in [2.75, 3.05) is 30.4 Å². The zero-order valence-electron chi connectivity index (χ0n) is 18.1. The first-order valence-corrected chi connectivity index (χ1v) is 10.5. The molecule has 0 unspecified atom stereocenters. The van der Waals surface area contributed by atoms with Gasteiger partial charge in [-0.15, -0.1) is 0 Å². The Bertz CT molecular complexity index is 1120. The SMILES string of the molecule is C=C(F)C(=O)N1CC(Nc2ccc3c(c2)N(C)C(=O)C3(C)C)(c2cccc(Cl)c2C)C1. The highest BCUT2D eigenvalue weighted by atomic mass is 35.5. The molecule has 2 aliphatic rings. The highest BCUT2D eigenvalue weighted by Gasteiger charge is 2.48. The van der Waals surface area contributed by atoms with Gasteiger partial charge in [0.2, 0.25) is 5.91 Å². The number of carbonyl (C=O) groups excluding carboxylic acids is 2. The number of fused-ring (bicyclic) bond motifs is 1. The molecule has 162 valence electrons. The number of likely N-dealkylation sites (N-methyl/N-ethyl adjacent to an activating group) is 1. The number of hydrogen-bond donors (Lipinski definition) is 1. The third-order valence-electron chi connectivity index (χ3n) is 6.48. The summed E-state index contributed by atoms with van der Waals surface area (Å²) in [5.74, 6) is -1.64. The maximum Gasteiger partial charge on any atom is 0.282 e. The molecule has 2 heterocycles. The van der Waals surface area contributed by atoms with Gasteiger partial charge in [-0.3, -0.25) is 9.59 Å². The van der Waals surface area contributed by atoms with Crippen molar-refractivity contribution in [1.82, 2.24) is 4.90 Å². The van der Waals surface area contributed by atoms with Crippen LogP contribution in [0.25, 0.3) is 0 Å². The Morgan fingerprint density at radius 3 is 2.52 bits per heavy atom. The van der Waals surface area contributed by atoms with Gasteiger partial charge in [0.15, 0.2) is 5.83 Å². The van der Waals surface area contributed by atoms with E-state index in [-0.39, 0.29) is 19.0 Å². The third kappa shape index (κ3) is 3.21. The lowest BCUT2D eigenvalue weighted by Crippen LogP contribution is -2.65. The van der Waals surface area contributed by atoms with Crippen LogP contribution in [0.4, 0.5) is 15.8 Å². The Kier molecular flexibility index (Phi) is 4.89. The fourth-order valence-corrected chi connectivity index (χ4v) is 4.87. The molecule has 0 bridgehead atoms. The molecule has 0 atom stereocenters. The fourth-order valence-electron chi connectivity index (χ4n) is 4.70. The zero-order valence-corrected chi connectivity index (χ0v) is 18.8. The second-order valence-corrected chi connectivity index (χ2v) is 9.31. The molecular weight excluding hydrogens is 417 g/mol. The van der Waals surface area contributed by atoms with Gasteiger partial charge >= 0.3 is 0 Å². The van der Waals surface area contributed by atoms with Crippen LogP contribution in [0.3, 0.4) is 0 Å². The Morgan fingerprint density at radius 1 is 1.19 bits per heavy atom. The second kappa shape index (κ2) is 7.09. The van der Waals surface area contributed by atoms with Crippen molar-refractivity contribution in [3.8, 4) is 0 Å². The minimum Gasteiger partial charge on any atom is -0.372 e. The number of hydrogen-bond acceptors (Lipinski definition) is 3. The van der Waals surface area contributed by atoms with E-state index in [0.29, 0.717) is 5.02 Å². The molecule has 7 heteroatoms. The lowest BCUT2D eigenvalue weighted by molar-refractivity contribution is -0.135. The molecule has 5 nitrogen and oxygen atoms in total. The Labute approximate surface area is 186 Å². The molecule has 2 aromatic carbocycles. The number of anilines is 2. The summed E-state index contributed by atoms with van der Waals surface area (Å²) in [5.41, 5.74) is 3.26. The van der Waals surface area contributed by atoms with Crippen molar-refractivity contribution < 1.29 is 14.0 Å². The Hall–Kier alpha value is -2.86. The highest BCUT2D eigenvalue weighted by Crippen LogP contribution is 2.44. The van der Waals surface area contributed by atoms with Crippen LogP contribution < -0.4 is 10.2 Å². The van der Waals surface area contributed by atoms with Crippen molar-refractivity contribution in [3.05, 3.63) is 70.5 Å². The lowest BCUT2D eigenvalue weighted by atomic mass is 9.79. The topological polar surface area (TPSA) is 52.7 Å². The predicted octanol–water partition coefficient (Wildman–Crippen LogP) is 4.54. The van der Waals surface area contributed by atoms with Crippen LogP contribution in [-0.2, 0) is 20.5 Å². The normalized spacial score (nSPS) is 18.5. The molecule has 0 radical (unpaired) electrons. The van der Waals surface area contributed by atoms with E-state index in [1.807, 2.05) is 57.2 Å². The van der Waals surface area contributed by atoms with Gasteiger partial charge in [-0.05, 0) is 55.7 Å². The molecule has 2 aliphatic heterocycles. The summed E-state index contributed by atoms with van der Waals surface area (Å²) in [7, 11) is 1.77. The summed E-state index contributed by atoms with van der Waals surface area (Å²) in [6.07, 6.45) is 0. The van der Waals surface area contributed by atoms with Crippen LogP contribution >= 0.6 is 11.6 Å². The first-order valence-electron chi connectivity index (χ1n) is 10.1. The van der Waals surface area contributed by atoms with Crippen LogP contribution in [0.1, 0.15) is 30.5 Å². The van der Waals surface area contributed by atoms with Gasteiger partial charge < -0.3 is 15.1 Å². The molecule has 1 saturated heterocycles. The molecule has 0 aromatic heterocycles. The third-order valence-corrected chi connectivity index (χ3v) is 6.89. The summed E-state index contributed by atoms with van der Waals surface area (Å²) in [6.45, 7) is 9.43. The maximum atomic E-state index is 13.4. The molecule has 2 aromatic rings. The van der Waals surface area contributed by atoms with Crippen molar-refractivity contribution in [1.29, 1.82) is 0 Å². The molecule has 0 saturated carbocycles. The van der Waals surface area contributed by atoms with E-state index in [1.54, 1.807) is 11.9 Å². The molecule has 1 N–H and O–H groups in total. The number of likely N-dealkylation sites (tertiary alicyclic amines) is 1. The summed E-state index contributed by atoms with van der Waals surface area (Å²) in [4.78, 5) is 27.8. The van der Waals surface area contributed by atoms with Gasteiger partial charge in [0.1, 0.15) is 0 Å². The number of benzene rings is 2. The van der Waals surface area contributed by atoms with Gasteiger partial charge in [-0.25, -0.2) is 4.39 Å². The first kappa shape index (κ1) is 21.4. The number of nitrogens with zero attached hydrogens (tertiary/aromatic N) is 2. The fraction of sp³-hybridized carbons (Fsp3) is 0.333. The van der Waals surface area contributed by atoms with E-state index in [2.05, 4.69) is 11.9 Å². The van der Waals surface area contributed by atoms with Crippen LogP contribution in [0.15, 0.2) is 48.8 Å². The summed E-state index contributed by atoms with van der Waals surface area (Å²) in [6, 6.07) is 11.5. The molecule has 1 fully saturated rings. The summed E-state index contributed by atoms with van der Waals surface area (Å²) >= 11 is 6.37. The van der Waals surface area contributed by atoms with Crippen molar-refractivity contribution in [2.45, 2.75) is 31.7 Å². The van der Waals surface area contributed by atoms with Crippen LogP contribution in [0.2, 0.25) is 5.02 Å². The van der Waals surface area contributed by atoms with Crippen molar-refractivity contribution in [3.63, 3.8) is 0 Å². The Morgan fingerprint density at radius 2 is 1.87 bits per heavy atom. The van der Waals surface area contributed by atoms with Gasteiger partial charge in [-0.2, -0.15) is 0 Å². The molecule has 2 amide bonds. The standard InChI is InChI=1S/C24H25ClFN3O2/c1-14-17(7-6-8-19(14)25)24(12-29(13-24)21(30)15(2)26)27-16-9-10-18-20(11-16)28(5)22(31)23(18,3)4/h6-11,27H,2,12-13H2,1,3-5H3. The minimum atomic E-state index is -0.976. The van der Waals surface area contributed by atoms with Crippen molar-refractivity contribution >= 4 is 34.8 Å². The van der Waals surface area contributed by atoms with Gasteiger partial charge in [0, 0.05) is 23.4 Å². The van der Waals surface area contributed by atoms with Crippen molar-refractivity contribution in [2.24, 2.45) is 0 Å². The molecular formula is C24H25ClFN3O2. The number of rotatable bonds is 4. The van der Waals surface area contributed by atoms with E-state index < -0.39 is 22.7 Å². The summed E-state index contributed by atoms with van der Waals surface area (Å²) < 4.78 is 13.4. The maximum absolute atomic E-state index is 13.4. The second-order valence-electron chi connectivity index (χ2n) is 8.91. The quantitative estimate of drug-likeness (QED) is 0.709. The van der Waals surface area contributed by atoms with E-state index in [1.165, 1.54) is 4.90 Å². The van der Waals surface area contributed by atoms with Crippen LogP contribution in [0, 0.1) is 6.92 Å². The molecule has 0 aliphatic carbocycles. The van der Waals surface area contributed by atoms with Gasteiger partial charge in [-0.1, -0.05) is 36.4 Å². The molecule has 31 heavy (non-hydrogen) atoms. The largest absolute Gasteiger partial charge is 0.372 e. The van der Waals surface area contributed by atoms with Crippen LogP contribution in [-0.4, -0.2) is 36.9 Å². The summed E-state index contributed by atoms with van der Waals surface area (Å²) in [5, 5.41) is 4.17. The van der Waals surface area contributed by atoms with E-state index in [0.717, 1.165) is 28.1 Å². The van der Waals surface area contributed by atoms with E-state index in [9.17, 15) is 14.0 Å². The number of nitrogens with one attached hydrogen (secondary N) is 1. The van der Waals surface area contributed by atoms with Gasteiger partial charge in [0.05, 0.1) is 24.0 Å². The first-order chi connectivity index (χ1) is 14.5. The average Bonchev–Trinajstić information content (AvgIpc) is 2.86. The zero-order chi connectivity index (χ0) is 22.7. The molecule has 4 rings (SSSR count). The molecule has 0 spiro atoms. The monoisotopic (exact) mass is 441 g/mol. The predicted molar refractivity (Wildman–Crippen MR) is 121 cm³/mol. The van der Waals surface area contributed by atoms with Gasteiger partial charge in [0.25, 0.3) is 5.91 Å². The van der Waals surface area contributed by atoms with E-state index in [4.69, 9.17) is 11.6 Å². The number of carbonyl (C=O) groups is 2. The number of halogens is 2. The smallest absolute Gasteiger partial charge is 0.282 e. The lowest BCUT2D eigenvalue weighted by Gasteiger charge is -2.51. The Balaban J connectivity index is 1.72. The number of amides is 2. The average molecular weight is 442 g/mol. The minimum absolute atomic E-state index is 0.0434. The van der Waals surface area contributed by atoms with E-state index >= 15 is 0 Å².